The van der Waals surface area contributed by atoms with Crippen molar-refractivity contribution in [2.45, 2.75) is 26.8 Å². The summed E-state index contributed by atoms with van der Waals surface area (Å²) >= 11 is 12.2. The molecule has 2 aromatic rings. The fraction of sp³-hybridized carbons (Fsp3) is 0.357. The van der Waals surface area contributed by atoms with Gasteiger partial charge in [-0.15, -0.1) is 0 Å². The third-order valence-electron chi connectivity index (χ3n) is 3.28. The van der Waals surface area contributed by atoms with E-state index in [9.17, 15) is 0 Å². The number of halogens is 2. The minimum absolute atomic E-state index is 0.572. The lowest BCUT2D eigenvalue weighted by molar-refractivity contribution is 0.658. The van der Waals surface area contributed by atoms with Gasteiger partial charge in [0.15, 0.2) is 0 Å². The lowest BCUT2D eigenvalue weighted by atomic mass is 10.1. The molecule has 2 rings (SSSR count). The van der Waals surface area contributed by atoms with E-state index in [0.717, 1.165) is 23.4 Å². The molecule has 102 valence electrons. The van der Waals surface area contributed by atoms with Gasteiger partial charge in [0.05, 0.1) is 22.3 Å². The van der Waals surface area contributed by atoms with Crippen LogP contribution < -0.4 is 5.73 Å². The molecule has 5 heteroatoms. The van der Waals surface area contributed by atoms with Crippen LogP contribution in [-0.2, 0) is 13.0 Å². The van der Waals surface area contributed by atoms with E-state index in [-0.39, 0.29) is 0 Å². The fourth-order valence-electron chi connectivity index (χ4n) is 2.23. The lowest BCUT2D eigenvalue weighted by Gasteiger charge is -2.08. The average Bonchev–Trinajstić information content (AvgIpc) is 2.63. The molecule has 0 fully saturated rings. The molecule has 0 aliphatic heterocycles. The SMILES string of the molecule is Cc1nn(Cc2cccc(Cl)c2Cl)c(C)c1CCN. The van der Waals surface area contributed by atoms with Crippen LogP contribution in [0.4, 0.5) is 0 Å². The van der Waals surface area contributed by atoms with E-state index < -0.39 is 0 Å². The summed E-state index contributed by atoms with van der Waals surface area (Å²) in [5.74, 6) is 0. The largest absolute Gasteiger partial charge is 0.330 e. The first-order valence-electron chi connectivity index (χ1n) is 6.20. The molecule has 1 aromatic carbocycles. The Bertz CT molecular complexity index is 591. The van der Waals surface area contributed by atoms with Crippen LogP contribution >= 0.6 is 23.2 Å². The van der Waals surface area contributed by atoms with E-state index in [1.54, 1.807) is 6.07 Å². The van der Waals surface area contributed by atoms with Crippen LogP contribution in [0.2, 0.25) is 10.0 Å². The molecule has 0 saturated heterocycles. The maximum atomic E-state index is 6.21. The van der Waals surface area contributed by atoms with Gasteiger partial charge in [-0.05, 0) is 44.0 Å². The molecule has 0 atom stereocenters. The summed E-state index contributed by atoms with van der Waals surface area (Å²) in [6.45, 7) is 5.32. The minimum Gasteiger partial charge on any atom is -0.330 e. The summed E-state index contributed by atoms with van der Waals surface area (Å²) in [7, 11) is 0. The van der Waals surface area contributed by atoms with Crippen LogP contribution in [0.3, 0.4) is 0 Å². The zero-order valence-corrected chi connectivity index (χ0v) is 12.6. The van der Waals surface area contributed by atoms with Gasteiger partial charge >= 0.3 is 0 Å². The molecule has 0 saturated carbocycles. The number of rotatable bonds is 4. The van der Waals surface area contributed by atoms with Crippen molar-refractivity contribution in [3.63, 3.8) is 0 Å². The summed E-state index contributed by atoms with van der Waals surface area (Å²) in [6, 6.07) is 5.65. The maximum Gasteiger partial charge on any atom is 0.0677 e. The number of benzene rings is 1. The predicted octanol–water partition coefficient (Wildman–Crippen LogP) is 3.36. The quantitative estimate of drug-likeness (QED) is 0.940. The molecule has 2 N–H and O–H groups in total. The van der Waals surface area contributed by atoms with Crippen LogP contribution in [0.1, 0.15) is 22.5 Å². The van der Waals surface area contributed by atoms with Crippen molar-refractivity contribution in [3.05, 3.63) is 50.8 Å². The third kappa shape index (κ3) is 2.94. The molecule has 0 aliphatic carbocycles. The van der Waals surface area contributed by atoms with Crippen molar-refractivity contribution >= 4 is 23.2 Å². The van der Waals surface area contributed by atoms with Gasteiger partial charge in [0.1, 0.15) is 0 Å². The fourth-order valence-corrected chi connectivity index (χ4v) is 2.61. The number of hydrogen-bond donors (Lipinski definition) is 1. The Morgan fingerprint density at radius 3 is 2.68 bits per heavy atom. The summed E-state index contributed by atoms with van der Waals surface area (Å²) in [5.41, 5.74) is 9.99. The van der Waals surface area contributed by atoms with E-state index in [1.807, 2.05) is 23.7 Å². The Labute approximate surface area is 123 Å². The van der Waals surface area contributed by atoms with Crippen LogP contribution in [0, 0.1) is 13.8 Å². The highest BCUT2D eigenvalue weighted by Gasteiger charge is 2.12. The second kappa shape index (κ2) is 5.95. The molecule has 0 radical (unpaired) electrons. The van der Waals surface area contributed by atoms with Gasteiger partial charge in [0.2, 0.25) is 0 Å². The average molecular weight is 298 g/mol. The van der Waals surface area contributed by atoms with E-state index in [4.69, 9.17) is 28.9 Å². The second-order valence-corrected chi connectivity index (χ2v) is 5.34. The Morgan fingerprint density at radius 1 is 1.26 bits per heavy atom. The molecule has 0 spiro atoms. The van der Waals surface area contributed by atoms with Crippen molar-refractivity contribution in [1.82, 2.24) is 9.78 Å². The Balaban J connectivity index is 2.34. The molecule has 0 unspecified atom stereocenters. The highest BCUT2D eigenvalue weighted by molar-refractivity contribution is 6.42. The van der Waals surface area contributed by atoms with Crippen LogP contribution in [-0.4, -0.2) is 16.3 Å². The monoisotopic (exact) mass is 297 g/mol. The minimum atomic E-state index is 0.572. The Morgan fingerprint density at radius 2 is 2.00 bits per heavy atom. The molecule has 0 amide bonds. The molecule has 1 aromatic heterocycles. The summed E-state index contributed by atoms with van der Waals surface area (Å²) in [5, 5.41) is 5.72. The maximum absolute atomic E-state index is 6.21. The zero-order valence-electron chi connectivity index (χ0n) is 11.1. The van der Waals surface area contributed by atoms with Gasteiger partial charge in [-0.25, -0.2) is 0 Å². The topological polar surface area (TPSA) is 43.8 Å². The number of nitrogens with zero attached hydrogens (tertiary/aromatic N) is 2. The van der Waals surface area contributed by atoms with Crippen LogP contribution in [0.15, 0.2) is 18.2 Å². The molecule has 1 heterocycles. The molecular formula is C14H17Cl2N3. The number of aromatic nitrogens is 2. The zero-order chi connectivity index (χ0) is 14.0. The molecule has 3 nitrogen and oxygen atoms in total. The van der Waals surface area contributed by atoms with Gasteiger partial charge in [0, 0.05) is 5.69 Å². The Kier molecular flexibility index (Phi) is 4.50. The van der Waals surface area contributed by atoms with E-state index in [1.165, 1.54) is 5.56 Å². The van der Waals surface area contributed by atoms with Crippen molar-refractivity contribution in [2.75, 3.05) is 6.54 Å². The van der Waals surface area contributed by atoms with E-state index in [0.29, 0.717) is 23.1 Å². The van der Waals surface area contributed by atoms with E-state index in [2.05, 4.69) is 12.0 Å². The predicted molar refractivity (Wildman–Crippen MR) is 80.0 cm³/mol. The summed E-state index contributed by atoms with van der Waals surface area (Å²) < 4.78 is 1.96. The van der Waals surface area contributed by atoms with Crippen molar-refractivity contribution < 1.29 is 0 Å². The number of aryl methyl sites for hydroxylation is 1. The standard InChI is InChI=1S/C14H17Cl2N3/c1-9-12(6-7-17)10(2)19(18-9)8-11-4-3-5-13(15)14(11)16/h3-5H,6-8,17H2,1-2H3. The van der Waals surface area contributed by atoms with Crippen molar-refractivity contribution in [3.8, 4) is 0 Å². The first-order chi connectivity index (χ1) is 9.04. The second-order valence-electron chi connectivity index (χ2n) is 4.56. The number of nitrogens with two attached hydrogens (primary N) is 1. The Hall–Kier alpha value is -1.03. The van der Waals surface area contributed by atoms with Gasteiger partial charge in [-0.2, -0.15) is 5.10 Å². The van der Waals surface area contributed by atoms with E-state index >= 15 is 0 Å². The first-order valence-corrected chi connectivity index (χ1v) is 6.96. The van der Waals surface area contributed by atoms with Crippen LogP contribution in [0.25, 0.3) is 0 Å². The first kappa shape index (κ1) is 14.4. The van der Waals surface area contributed by atoms with Gasteiger partial charge < -0.3 is 5.73 Å². The molecular weight excluding hydrogens is 281 g/mol. The smallest absolute Gasteiger partial charge is 0.0677 e. The van der Waals surface area contributed by atoms with Gasteiger partial charge in [-0.1, -0.05) is 35.3 Å². The van der Waals surface area contributed by atoms with Crippen LogP contribution in [0.5, 0.6) is 0 Å². The van der Waals surface area contributed by atoms with Gasteiger partial charge in [-0.3, -0.25) is 4.68 Å². The summed E-state index contributed by atoms with van der Waals surface area (Å²) in [6.07, 6.45) is 0.848. The van der Waals surface area contributed by atoms with Crippen molar-refractivity contribution in [1.29, 1.82) is 0 Å². The third-order valence-corrected chi connectivity index (χ3v) is 4.14. The normalized spacial score (nSPS) is 11.0. The van der Waals surface area contributed by atoms with Gasteiger partial charge in [0.25, 0.3) is 0 Å². The van der Waals surface area contributed by atoms with Crippen molar-refractivity contribution in [2.24, 2.45) is 5.73 Å². The number of hydrogen-bond acceptors (Lipinski definition) is 2. The highest BCUT2D eigenvalue weighted by Crippen LogP contribution is 2.26. The highest BCUT2D eigenvalue weighted by atomic mass is 35.5. The molecule has 0 aliphatic rings. The lowest BCUT2D eigenvalue weighted by Crippen LogP contribution is -2.07. The molecule has 0 bridgehead atoms. The molecule has 19 heavy (non-hydrogen) atoms. The summed E-state index contributed by atoms with van der Waals surface area (Å²) in [4.78, 5) is 0.